The number of halogens is 1. The number of amides is 1. The van der Waals surface area contributed by atoms with E-state index in [1.54, 1.807) is 0 Å². The average molecular weight is 278 g/mol. The summed E-state index contributed by atoms with van der Waals surface area (Å²) in [6.07, 6.45) is 1.74. The smallest absolute Gasteiger partial charge is 0.326 e. The molecule has 0 fully saturated rings. The first-order valence-corrected chi connectivity index (χ1v) is 6.20. The van der Waals surface area contributed by atoms with Crippen molar-refractivity contribution in [2.75, 3.05) is 0 Å². The standard InChI is InChI=1S/C14H15FN2O3/c15-11-7-5-10(6-8-11)13(18)17-12(14(19)20)4-2-1-3-9-16/h5-8,12H,1-4H2,(H,17,18)(H,19,20)/t12-/m0/s1. The van der Waals surface area contributed by atoms with Gasteiger partial charge in [-0.05, 0) is 43.5 Å². The normalized spacial score (nSPS) is 11.4. The number of unbranched alkanes of at least 4 members (excludes halogenated alkanes) is 2. The van der Waals surface area contributed by atoms with Crippen LogP contribution in [0.15, 0.2) is 24.3 Å². The molecule has 0 heterocycles. The van der Waals surface area contributed by atoms with Crippen LogP contribution in [-0.2, 0) is 4.79 Å². The summed E-state index contributed by atoms with van der Waals surface area (Å²) in [6, 6.07) is 5.82. The predicted octanol–water partition coefficient (Wildman–Crippen LogP) is 2.09. The molecule has 0 bridgehead atoms. The quantitative estimate of drug-likeness (QED) is 0.747. The second-order valence-electron chi connectivity index (χ2n) is 4.28. The van der Waals surface area contributed by atoms with Crippen LogP contribution in [0.25, 0.3) is 0 Å². The van der Waals surface area contributed by atoms with Gasteiger partial charge in [-0.25, -0.2) is 9.18 Å². The molecule has 5 nitrogen and oxygen atoms in total. The van der Waals surface area contributed by atoms with Gasteiger partial charge >= 0.3 is 5.97 Å². The number of hydrogen-bond acceptors (Lipinski definition) is 3. The van der Waals surface area contributed by atoms with E-state index in [1.165, 1.54) is 12.1 Å². The predicted molar refractivity (Wildman–Crippen MR) is 69.4 cm³/mol. The number of carboxylic acid groups (broad SMARTS) is 1. The van der Waals surface area contributed by atoms with Crippen LogP contribution in [0.4, 0.5) is 4.39 Å². The van der Waals surface area contributed by atoms with Crippen molar-refractivity contribution < 1.29 is 19.1 Å². The van der Waals surface area contributed by atoms with Crippen LogP contribution in [0.1, 0.15) is 36.0 Å². The Morgan fingerprint density at radius 1 is 1.30 bits per heavy atom. The Hall–Kier alpha value is -2.42. The Bertz CT molecular complexity index is 508. The van der Waals surface area contributed by atoms with E-state index in [9.17, 15) is 14.0 Å². The molecule has 1 amide bonds. The van der Waals surface area contributed by atoms with Crippen LogP contribution >= 0.6 is 0 Å². The van der Waals surface area contributed by atoms with Crippen molar-refractivity contribution >= 4 is 11.9 Å². The molecule has 0 spiro atoms. The van der Waals surface area contributed by atoms with Gasteiger partial charge < -0.3 is 10.4 Å². The molecule has 1 aromatic carbocycles. The van der Waals surface area contributed by atoms with Gasteiger partial charge in [-0.2, -0.15) is 5.26 Å². The van der Waals surface area contributed by atoms with E-state index in [4.69, 9.17) is 10.4 Å². The first-order valence-electron chi connectivity index (χ1n) is 6.20. The fourth-order valence-corrected chi connectivity index (χ4v) is 1.65. The van der Waals surface area contributed by atoms with Crippen LogP contribution in [0.5, 0.6) is 0 Å². The molecule has 0 aromatic heterocycles. The summed E-state index contributed by atoms with van der Waals surface area (Å²) in [6.45, 7) is 0. The van der Waals surface area contributed by atoms with E-state index in [0.717, 1.165) is 12.1 Å². The van der Waals surface area contributed by atoms with Crippen LogP contribution in [-0.4, -0.2) is 23.0 Å². The summed E-state index contributed by atoms with van der Waals surface area (Å²) < 4.78 is 12.7. The third-order valence-electron chi connectivity index (χ3n) is 2.74. The lowest BCUT2D eigenvalue weighted by atomic mass is 10.1. The van der Waals surface area contributed by atoms with Crippen LogP contribution < -0.4 is 5.32 Å². The van der Waals surface area contributed by atoms with E-state index in [-0.39, 0.29) is 12.0 Å². The SMILES string of the molecule is N#CCCCC[C@H](NC(=O)c1ccc(F)cc1)C(=O)O. The number of benzene rings is 1. The second-order valence-corrected chi connectivity index (χ2v) is 4.28. The van der Waals surface area contributed by atoms with Crippen molar-refractivity contribution in [3.05, 3.63) is 35.6 Å². The topological polar surface area (TPSA) is 90.2 Å². The molecule has 0 radical (unpaired) electrons. The molecule has 1 rings (SSSR count). The highest BCUT2D eigenvalue weighted by Crippen LogP contribution is 2.07. The summed E-state index contributed by atoms with van der Waals surface area (Å²) in [7, 11) is 0. The lowest BCUT2D eigenvalue weighted by molar-refractivity contribution is -0.139. The molecule has 0 unspecified atom stereocenters. The van der Waals surface area contributed by atoms with Gasteiger partial charge in [0.05, 0.1) is 6.07 Å². The number of carboxylic acids is 1. The molecule has 106 valence electrons. The monoisotopic (exact) mass is 278 g/mol. The van der Waals surface area contributed by atoms with E-state index in [1.807, 2.05) is 6.07 Å². The highest BCUT2D eigenvalue weighted by Gasteiger charge is 2.20. The maximum atomic E-state index is 12.7. The third-order valence-corrected chi connectivity index (χ3v) is 2.74. The Balaban J connectivity index is 2.57. The molecule has 20 heavy (non-hydrogen) atoms. The summed E-state index contributed by atoms with van der Waals surface area (Å²) in [5.74, 6) is -2.15. The summed E-state index contributed by atoms with van der Waals surface area (Å²) >= 11 is 0. The van der Waals surface area contributed by atoms with Gasteiger partial charge in [0.2, 0.25) is 0 Å². The van der Waals surface area contributed by atoms with E-state index >= 15 is 0 Å². The minimum absolute atomic E-state index is 0.203. The number of hydrogen-bond donors (Lipinski definition) is 2. The van der Waals surface area contributed by atoms with Gasteiger partial charge in [-0.15, -0.1) is 0 Å². The van der Waals surface area contributed by atoms with Crippen molar-refractivity contribution in [3.63, 3.8) is 0 Å². The molecule has 0 aliphatic heterocycles. The maximum absolute atomic E-state index is 12.7. The van der Waals surface area contributed by atoms with E-state index in [0.29, 0.717) is 19.3 Å². The zero-order valence-corrected chi connectivity index (χ0v) is 10.8. The largest absolute Gasteiger partial charge is 0.480 e. The maximum Gasteiger partial charge on any atom is 0.326 e. The van der Waals surface area contributed by atoms with Gasteiger partial charge in [-0.1, -0.05) is 0 Å². The third kappa shape index (κ3) is 5.06. The molecular weight excluding hydrogens is 263 g/mol. The van der Waals surface area contributed by atoms with Gasteiger partial charge in [0, 0.05) is 12.0 Å². The molecular formula is C14H15FN2O3. The van der Waals surface area contributed by atoms with Gasteiger partial charge in [-0.3, -0.25) is 4.79 Å². The fourth-order valence-electron chi connectivity index (χ4n) is 1.65. The number of carbonyl (C=O) groups is 2. The molecule has 0 aliphatic carbocycles. The first-order chi connectivity index (χ1) is 9.54. The number of nitriles is 1. The minimum Gasteiger partial charge on any atom is -0.480 e. The molecule has 0 saturated carbocycles. The van der Waals surface area contributed by atoms with Crippen molar-refractivity contribution in [3.8, 4) is 6.07 Å². The molecule has 0 aliphatic rings. The van der Waals surface area contributed by atoms with E-state index < -0.39 is 23.7 Å². The molecule has 1 atom stereocenters. The van der Waals surface area contributed by atoms with Crippen molar-refractivity contribution in [2.45, 2.75) is 31.7 Å². The summed E-state index contributed by atoms with van der Waals surface area (Å²) in [5.41, 5.74) is 0.203. The van der Waals surface area contributed by atoms with Gasteiger partial charge in [0.25, 0.3) is 5.91 Å². The minimum atomic E-state index is -1.13. The van der Waals surface area contributed by atoms with Gasteiger partial charge in [0.15, 0.2) is 0 Å². The highest BCUT2D eigenvalue weighted by molar-refractivity contribution is 5.96. The van der Waals surface area contributed by atoms with Crippen molar-refractivity contribution in [1.29, 1.82) is 5.26 Å². The molecule has 2 N–H and O–H groups in total. The van der Waals surface area contributed by atoms with Crippen LogP contribution in [0.2, 0.25) is 0 Å². The van der Waals surface area contributed by atoms with Crippen molar-refractivity contribution in [2.24, 2.45) is 0 Å². The zero-order valence-electron chi connectivity index (χ0n) is 10.8. The Morgan fingerprint density at radius 3 is 2.50 bits per heavy atom. The Morgan fingerprint density at radius 2 is 1.95 bits per heavy atom. The lowest BCUT2D eigenvalue weighted by Crippen LogP contribution is -2.40. The number of nitrogens with zero attached hydrogens (tertiary/aromatic N) is 1. The number of carbonyl (C=O) groups excluding carboxylic acids is 1. The highest BCUT2D eigenvalue weighted by atomic mass is 19.1. The van der Waals surface area contributed by atoms with Gasteiger partial charge in [0.1, 0.15) is 11.9 Å². The first kappa shape index (κ1) is 15.6. The number of aliphatic carboxylic acids is 1. The Kier molecular flexibility index (Phi) is 6.17. The van der Waals surface area contributed by atoms with Crippen LogP contribution in [0.3, 0.4) is 0 Å². The summed E-state index contributed by atoms with van der Waals surface area (Å²) in [5, 5.41) is 19.8. The summed E-state index contributed by atoms with van der Waals surface area (Å²) in [4.78, 5) is 22.9. The lowest BCUT2D eigenvalue weighted by Gasteiger charge is -2.14. The molecule has 1 aromatic rings. The second kappa shape index (κ2) is 7.89. The van der Waals surface area contributed by atoms with E-state index in [2.05, 4.69) is 5.32 Å². The fraction of sp³-hybridized carbons (Fsp3) is 0.357. The molecule has 0 saturated heterocycles. The zero-order chi connectivity index (χ0) is 15.0. The van der Waals surface area contributed by atoms with Crippen molar-refractivity contribution in [1.82, 2.24) is 5.32 Å². The number of nitrogens with one attached hydrogen (secondary N) is 1. The Labute approximate surface area is 116 Å². The van der Waals surface area contributed by atoms with Crippen LogP contribution in [0, 0.1) is 17.1 Å². The average Bonchev–Trinajstić information content (AvgIpc) is 2.42. The molecule has 6 heteroatoms. The number of rotatable bonds is 7.